The van der Waals surface area contributed by atoms with E-state index in [1.807, 2.05) is 33.8 Å². The molecule has 0 saturated carbocycles. The molecule has 2 aromatic heterocycles. The van der Waals surface area contributed by atoms with Gasteiger partial charge >= 0.3 is 0 Å². The van der Waals surface area contributed by atoms with Gasteiger partial charge in [-0.1, -0.05) is 26.7 Å². The SMILES string of the molecule is CCCC(O)(CCC)CNC(=O)c1nc2nc(C)cc(C)n2n1. The van der Waals surface area contributed by atoms with Gasteiger partial charge in [-0.25, -0.2) is 9.50 Å². The van der Waals surface area contributed by atoms with Crippen LogP contribution in [0.1, 0.15) is 61.5 Å². The van der Waals surface area contributed by atoms with E-state index >= 15 is 0 Å². The van der Waals surface area contributed by atoms with Gasteiger partial charge in [0.25, 0.3) is 11.7 Å². The lowest BCUT2D eigenvalue weighted by Gasteiger charge is -2.27. The number of carbonyl (C=O) groups excluding carboxylic acids is 1. The van der Waals surface area contributed by atoms with E-state index in [-0.39, 0.29) is 12.4 Å². The van der Waals surface area contributed by atoms with Crippen molar-refractivity contribution in [2.24, 2.45) is 0 Å². The summed E-state index contributed by atoms with van der Waals surface area (Å²) < 4.78 is 1.55. The lowest BCUT2D eigenvalue weighted by molar-refractivity contribution is 0.0212. The summed E-state index contributed by atoms with van der Waals surface area (Å²) in [6, 6.07) is 1.88. The summed E-state index contributed by atoms with van der Waals surface area (Å²) in [6.07, 6.45) is 3.03. The average Bonchev–Trinajstić information content (AvgIpc) is 2.89. The van der Waals surface area contributed by atoms with E-state index in [1.165, 1.54) is 0 Å². The summed E-state index contributed by atoms with van der Waals surface area (Å²) in [5.74, 6) is 0.0877. The lowest BCUT2D eigenvalue weighted by Crippen LogP contribution is -2.43. The van der Waals surface area contributed by atoms with Crippen molar-refractivity contribution in [1.29, 1.82) is 0 Å². The first-order chi connectivity index (χ1) is 10.9. The molecule has 23 heavy (non-hydrogen) atoms. The van der Waals surface area contributed by atoms with E-state index in [0.717, 1.165) is 24.2 Å². The Hall–Kier alpha value is -2.02. The van der Waals surface area contributed by atoms with Crippen molar-refractivity contribution < 1.29 is 9.90 Å². The maximum Gasteiger partial charge on any atom is 0.291 e. The Bertz CT molecular complexity index is 689. The van der Waals surface area contributed by atoms with E-state index in [4.69, 9.17) is 0 Å². The molecule has 1 amide bonds. The van der Waals surface area contributed by atoms with Crippen LogP contribution in [-0.4, -0.2) is 42.7 Å². The second-order valence-electron chi connectivity index (χ2n) is 6.09. The topological polar surface area (TPSA) is 92.4 Å². The van der Waals surface area contributed by atoms with Crippen molar-refractivity contribution in [2.75, 3.05) is 6.54 Å². The highest BCUT2D eigenvalue weighted by Crippen LogP contribution is 2.18. The van der Waals surface area contributed by atoms with Crippen LogP contribution in [0.5, 0.6) is 0 Å². The van der Waals surface area contributed by atoms with Crippen molar-refractivity contribution in [1.82, 2.24) is 24.9 Å². The summed E-state index contributed by atoms with van der Waals surface area (Å²) in [5, 5.41) is 17.5. The quantitative estimate of drug-likeness (QED) is 0.812. The highest BCUT2D eigenvalue weighted by molar-refractivity contribution is 5.90. The lowest BCUT2D eigenvalue weighted by atomic mass is 9.92. The minimum atomic E-state index is -0.872. The molecule has 2 aromatic rings. The standard InChI is InChI=1S/C16H25N5O2/c1-5-7-16(23,8-6-2)10-17-14(22)13-19-15-18-11(3)9-12(4)21(15)20-13/h9,23H,5-8,10H2,1-4H3,(H,17,22). The minimum Gasteiger partial charge on any atom is -0.388 e. The van der Waals surface area contributed by atoms with Crippen LogP contribution in [0.2, 0.25) is 0 Å². The van der Waals surface area contributed by atoms with E-state index in [1.54, 1.807) is 4.52 Å². The highest BCUT2D eigenvalue weighted by atomic mass is 16.3. The molecule has 2 heterocycles. The van der Waals surface area contributed by atoms with Gasteiger partial charge in [0.05, 0.1) is 5.60 Å². The fourth-order valence-corrected chi connectivity index (χ4v) is 2.82. The third-order valence-electron chi connectivity index (χ3n) is 3.83. The van der Waals surface area contributed by atoms with Crippen LogP contribution in [0.4, 0.5) is 0 Å². The molecular formula is C16H25N5O2. The number of fused-ring (bicyclic) bond motifs is 1. The maximum absolute atomic E-state index is 12.3. The number of nitrogens with one attached hydrogen (secondary N) is 1. The molecule has 2 N–H and O–H groups in total. The number of aryl methyl sites for hydroxylation is 2. The molecule has 0 aliphatic carbocycles. The monoisotopic (exact) mass is 319 g/mol. The second kappa shape index (κ2) is 7.04. The number of aromatic nitrogens is 4. The van der Waals surface area contributed by atoms with Crippen molar-refractivity contribution >= 4 is 11.7 Å². The molecule has 0 aliphatic rings. The van der Waals surface area contributed by atoms with Crippen LogP contribution >= 0.6 is 0 Å². The van der Waals surface area contributed by atoms with Crippen molar-refractivity contribution in [2.45, 2.75) is 59.0 Å². The smallest absolute Gasteiger partial charge is 0.291 e. The molecule has 2 rings (SSSR count). The van der Waals surface area contributed by atoms with Crippen LogP contribution < -0.4 is 5.32 Å². The first kappa shape index (κ1) is 17.3. The van der Waals surface area contributed by atoms with Gasteiger partial charge in [-0.15, -0.1) is 5.10 Å². The van der Waals surface area contributed by atoms with Crippen LogP contribution in [0.3, 0.4) is 0 Å². The number of carbonyl (C=O) groups is 1. The molecule has 0 bridgehead atoms. The normalized spacial score (nSPS) is 11.9. The van der Waals surface area contributed by atoms with Gasteiger partial charge in [0.2, 0.25) is 5.82 Å². The molecule has 0 atom stereocenters. The molecule has 0 aromatic carbocycles. The van der Waals surface area contributed by atoms with Gasteiger partial charge in [0.15, 0.2) is 0 Å². The molecule has 0 saturated heterocycles. The first-order valence-corrected chi connectivity index (χ1v) is 8.10. The number of hydrogen-bond donors (Lipinski definition) is 2. The van der Waals surface area contributed by atoms with Crippen LogP contribution in [0, 0.1) is 13.8 Å². The fraction of sp³-hybridized carbons (Fsp3) is 0.625. The van der Waals surface area contributed by atoms with Crippen molar-refractivity contribution in [3.05, 3.63) is 23.3 Å². The van der Waals surface area contributed by atoms with Gasteiger partial charge in [-0.2, -0.15) is 4.98 Å². The van der Waals surface area contributed by atoms with E-state index in [2.05, 4.69) is 20.4 Å². The zero-order chi connectivity index (χ0) is 17.0. The Morgan fingerprint density at radius 2 is 1.91 bits per heavy atom. The number of hydrogen-bond acceptors (Lipinski definition) is 5. The molecule has 0 spiro atoms. The number of aliphatic hydroxyl groups is 1. The Kier molecular flexibility index (Phi) is 5.30. The minimum absolute atomic E-state index is 0.0709. The first-order valence-electron chi connectivity index (χ1n) is 8.10. The summed E-state index contributed by atoms with van der Waals surface area (Å²) in [4.78, 5) is 20.7. The highest BCUT2D eigenvalue weighted by Gasteiger charge is 2.26. The predicted octanol–water partition coefficient (Wildman–Crippen LogP) is 1.80. The van der Waals surface area contributed by atoms with Gasteiger partial charge in [0.1, 0.15) is 0 Å². The van der Waals surface area contributed by atoms with Gasteiger partial charge < -0.3 is 10.4 Å². The summed E-state index contributed by atoms with van der Waals surface area (Å²) in [7, 11) is 0. The summed E-state index contributed by atoms with van der Waals surface area (Å²) in [5.41, 5.74) is 0.824. The number of nitrogens with zero attached hydrogens (tertiary/aromatic N) is 4. The number of amides is 1. The Labute approximate surface area is 136 Å². The fourth-order valence-electron chi connectivity index (χ4n) is 2.82. The van der Waals surface area contributed by atoms with Crippen molar-refractivity contribution in [3.8, 4) is 0 Å². The van der Waals surface area contributed by atoms with Gasteiger partial charge in [-0.05, 0) is 32.8 Å². The van der Waals surface area contributed by atoms with E-state index < -0.39 is 11.5 Å². The van der Waals surface area contributed by atoms with E-state index in [9.17, 15) is 9.90 Å². The average molecular weight is 319 g/mol. The third-order valence-corrected chi connectivity index (χ3v) is 3.83. The molecule has 0 fully saturated rings. The molecule has 7 nitrogen and oxygen atoms in total. The molecule has 126 valence electrons. The summed E-state index contributed by atoms with van der Waals surface area (Å²) in [6.45, 7) is 8.00. The maximum atomic E-state index is 12.3. The Morgan fingerprint density at radius 3 is 2.52 bits per heavy atom. The Balaban J connectivity index is 2.13. The largest absolute Gasteiger partial charge is 0.388 e. The van der Waals surface area contributed by atoms with Gasteiger partial charge in [0, 0.05) is 17.9 Å². The van der Waals surface area contributed by atoms with E-state index in [0.29, 0.717) is 18.6 Å². The molecule has 0 unspecified atom stereocenters. The Morgan fingerprint density at radius 1 is 1.26 bits per heavy atom. The molecular weight excluding hydrogens is 294 g/mol. The van der Waals surface area contributed by atoms with Crippen LogP contribution in [0.15, 0.2) is 6.07 Å². The summed E-state index contributed by atoms with van der Waals surface area (Å²) >= 11 is 0. The second-order valence-corrected chi connectivity index (χ2v) is 6.09. The van der Waals surface area contributed by atoms with Gasteiger partial charge in [-0.3, -0.25) is 4.79 Å². The number of rotatable bonds is 7. The molecule has 0 radical (unpaired) electrons. The van der Waals surface area contributed by atoms with Crippen LogP contribution in [-0.2, 0) is 0 Å². The zero-order valence-corrected chi connectivity index (χ0v) is 14.3. The molecule has 7 heteroatoms. The van der Waals surface area contributed by atoms with Crippen molar-refractivity contribution in [3.63, 3.8) is 0 Å². The zero-order valence-electron chi connectivity index (χ0n) is 14.3. The van der Waals surface area contributed by atoms with Crippen LogP contribution in [0.25, 0.3) is 5.78 Å². The third kappa shape index (κ3) is 4.04. The molecule has 0 aliphatic heterocycles. The predicted molar refractivity (Wildman–Crippen MR) is 87.4 cm³/mol.